The van der Waals surface area contributed by atoms with E-state index in [0.717, 1.165) is 24.5 Å². The molecule has 9 nitrogen and oxygen atoms in total. The van der Waals surface area contributed by atoms with Crippen LogP contribution in [0.3, 0.4) is 0 Å². The highest BCUT2D eigenvalue weighted by atomic mass is 32.2. The number of para-hydroxylation sites is 1. The Morgan fingerprint density at radius 1 is 1.15 bits per heavy atom. The fourth-order valence-corrected chi connectivity index (χ4v) is 4.93. The van der Waals surface area contributed by atoms with Gasteiger partial charge in [0.25, 0.3) is 5.56 Å². The van der Waals surface area contributed by atoms with Crippen LogP contribution in [0.5, 0.6) is 0 Å². The zero-order chi connectivity index (χ0) is 23.5. The second kappa shape index (κ2) is 9.68. The maximum atomic E-state index is 12.9. The molecule has 0 saturated carbocycles. The maximum Gasteiger partial charge on any atom is 0.263 e. The predicted octanol–water partition coefficient (Wildman–Crippen LogP) is 2.63. The van der Waals surface area contributed by atoms with Crippen LogP contribution in [0.15, 0.2) is 65.2 Å². The number of fused-ring (bicyclic) bond motifs is 3. The van der Waals surface area contributed by atoms with E-state index in [0.29, 0.717) is 34.9 Å². The predicted molar refractivity (Wildman–Crippen MR) is 133 cm³/mol. The van der Waals surface area contributed by atoms with Crippen LogP contribution in [0.4, 0.5) is 5.82 Å². The number of carbonyl (C=O) groups excluding carboxylic acids is 1. The number of rotatable bonds is 8. The van der Waals surface area contributed by atoms with Gasteiger partial charge in [0.05, 0.1) is 16.7 Å². The lowest BCUT2D eigenvalue weighted by Gasteiger charge is -2.16. The third kappa shape index (κ3) is 4.28. The molecule has 0 spiro atoms. The first-order chi connectivity index (χ1) is 16.7. The Morgan fingerprint density at radius 2 is 1.97 bits per heavy atom. The number of nitrogens with one attached hydrogen (secondary N) is 1. The largest absolute Gasteiger partial charge is 0.357 e. The average molecular weight is 476 g/mol. The second-order valence-corrected chi connectivity index (χ2v) is 9.07. The van der Waals surface area contributed by atoms with Crippen molar-refractivity contribution in [2.75, 3.05) is 23.7 Å². The van der Waals surface area contributed by atoms with E-state index in [1.807, 2.05) is 40.9 Å². The molecule has 0 atom stereocenters. The number of thioether (sulfide) groups is 1. The number of benzene rings is 1. The first-order valence-corrected chi connectivity index (χ1v) is 12.2. The minimum absolute atomic E-state index is 0.117. The van der Waals surface area contributed by atoms with Gasteiger partial charge in [0.1, 0.15) is 5.82 Å². The van der Waals surface area contributed by atoms with Crippen molar-refractivity contribution in [3.05, 3.63) is 71.2 Å². The highest BCUT2D eigenvalue weighted by Gasteiger charge is 2.17. The molecule has 0 aliphatic carbocycles. The van der Waals surface area contributed by atoms with Gasteiger partial charge >= 0.3 is 0 Å². The average Bonchev–Trinajstić information content (AvgIpc) is 3.55. The molecule has 1 fully saturated rings. The van der Waals surface area contributed by atoms with Crippen LogP contribution in [0, 0.1) is 0 Å². The van der Waals surface area contributed by atoms with Gasteiger partial charge in [-0.05, 0) is 36.6 Å². The highest BCUT2D eigenvalue weighted by molar-refractivity contribution is 7.99. The van der Waals surface area contributed by atoms with E-state index in [2.05, 4.69) is 32.0 Å². The molecule has 34 heavy (non-hydrogen) atoms. The Kier molecular flexibility index (Phi) is 6.31. The molecule has 174 valence electrons. The van der Waals surface area contributed by atoms with Gasteiger partial charge < -0.3 is 10.2 Å². The van der Waals surface area contributed by atoms with Crippen molar-refractivity contribution in [1.82, 2.24) is 29.5 Å². The third-order valence-corrected chi connectivity index (χ3v) is 6.78. The van der Waals surface area contributed by atoms with E-state index < -0.39 is 0 Å². The van der Waals surface area contributed by atoms with Crippen LogP contribution in [-0.2, 0) is 17.9 Å². The molecular weight excluding hydrogens is 450 g/mol. The van der Waals surface area contributed by atoms with E-state index in [4.69, 9.17) is 0 Å². The van der Waals surface area contributed by atoms with Crippen molar-refractivity contribution in [2.24, 2.45) is 0 Å². The van der Waals surface area contributed by atoms with Gasteiger partial charge in [-0.2, -0.15) is 0 Å². The molecule has 0 radical (unpaired) electrons. The molecule has 0 unspecified atom stereocenters. The van der Waals surface area contributed by atoms with E-state index in [1.54, 1.807) is 12.1 Å². The molecule has 1 aliphatic rings. The van der Waals surface area contributed by atoms with E-state index in [-0.39, 0.29) is 17.2 Å². The zero-order valence-corrected chi connectivity index (χ0v) is 19.5. The van der Waals surface area contributed by atoms with Gasteiger partial charge in [0, 0.05) is 32.4 Å². The molecule has 1 aromatic carbocycles. The Labute approximate surface area is 200 Å². The molecule has 1 amide bonds. The van der Waals surface area contributed by atoms with Crippen molar-refractivity contribution < 1.29 is 4.79 Å². The summed E-state index contributed by atoms with van der Waals surface area (Å²) in [4.78, 5) is 32.2. The molecule has 5 rings (SSSR count). The van der Waals surface area contributed by atoms with Crippen molar-refractivity contribution >= 4 is 40.2 Å². The standard InChI is InChI=1S/C24H25N7O2S/c1-2-11-30-22(33)18-7-3-4-8-19(18)31-23(30)27-28-24(31)34-16-21(32)26-15-17-9-10-20(25-14-17)29-12-5-6-13-29/h2-4,7-10,14H,1,5-6,11-13,15-16H2,(H,26,32). The van der Waals surface area contributed by atoms with Crippen molar-refractivity contribution in [3.8, 4) is 0 Å². The number of hydrogen-bond donors (Lipinski definition) is 1. The van der Waals surface area contributed by atoms with Crippen LogP contribution >= 0.6 is 11.8 Å². The molecule has 1 aliphatic heterocycles. The lowest BCUT2D eigenvalue weighted by atomic mass is 10.2. The molecule has 10 heteroatoms. The van der Waals surface area contributed by atoms with Crippen LogP contribution in [0.25, 0.3) is 16.7 Å². The minimum atomic E-state index is -0.144. The Hall–Kier alpha value is -3.66. The molecule has 1 N–H and O–H groups in total. The van der Waals surface area contributed by atoms with Crippen LogP contribution in [-0.4, -0.2) is 48.9 Å². The summed E-state index contributed by atoms with van der Waals surface area (Å²) in [6, 6.07) is 11.3. The normalized spacial score (nSPS) is 13.6. The van der Waals surface area contributed by atoms with Crippen molar-refractivity contribution in [2.45, 2.75) is 31.1 Å². The number of nitrogens with zero attached hydrogens (tertiary/aromatic N) is 6. The Morgan fingerprint density at radius 3 is 2.74 bits per heavy atom. The van der Waals surface area contributed by atoms with E-state index in [1.165, 1.54) is 29.2 Å². The molecule has 3 aromatic heterocycles. The number of anilines is 1. The number of allylic oxidation sites excluding steroid dienone is 1. The fraction of sp³-hybridized carbons (Fsp3) is 0.292. The summed E-state index contributed by atoms with van der Waals surface area (Å²) in [6.45, 7) is 6.57. The molecular formula is C24H25N7O2S. The minimum Gasteiger partial charge on any atom is -0.357 e. The lowest BCUT2D eigenvalue weighted by molar-refractivity contribution is -0.118. The summed E-state index contributed by atoms with van der Waals surface area (Å²) in [5, 5.41) is 12.5. The second-order valence-electron chi connectivity index (χ2n) is 8.12. The van der Waals surface area contributed by atoms with Crippen molar-refractivity contribution in [3.63, 3.8) is 0 Å². The van der Waals surface area contributed by atoms with Crippen LogP contribution in [0.1, 0.15) is 18.4 Å². The Bertz CT molecular complexity index is 1400. The first-order valence-electron chi connectivity index (χ1n) is 11.2. The van der Waals surface area contributed by atoms with Crippen LogP contribution in [0.2, 0.25) is 0 Å². The number of amides is 1. The topological polar surface area (TPSA) is 97.4 Å². The summed E-state index contributed by atoms with van der Waals surface area (Å²) >= 11 is 1.28. The highest BCUT2D eigenvalue weighted by Crippen LogP contribution is 2.22. The van der Waals surface area contributed by atoms with E-state index in [9.17, 15) is 9.59 Å². The first kappa shape index (κ1) is 22.1. The summed E-state index contributed by atoms with van der Waals surface area (Å²) < 4.78 is 3.35. The molecule has 0 bridgehead atoms. The summed E-state index contributed by atoms with van der Waals surface area (Å²) in [6.07, 6.45) is 5.89. The molecule has 1 saturated heterocycles. The zero-order valence-electron chi connectivity index (χ0n) is 18.7. The quantitative estimate of drug-likeness (QED) is 0.309. The third-order valence-electron chi connectivity index (χ3n) is 5.85. The van der Waals surface area contributed by atoms with Gasteiger partial charge in [0.2, 0.25) is 11.7 Å². The lowest BCUT2D eigenvalue weighted by Crippen LogP contribution is -2.25. The monoisotopic (exact) mass is 475 g/mol. The Balaban J connectivity index is 1.28. The summed E-state index contributed by atoms with van der Waals surface area (Å²) in [5.41, 5.74) is 1.52. The van der Waals surface area contributed by atoms with Gasteiger partial charge in [0.15, 0.2) is 5.16 Å². The molecule has 4 aromatic rings. The number of pyridine rings is 1. The van der Waals surface area contributed by atoms with Gasteiger partial charge in [-0.15, -0.1) is 16.8 Å². The SMILES string of the molecule is C=CCn1c(=O)c2ccccc2n2c(SCC(=O)NCc3ccc(N4CCCC4)nc3)nnc12. The summed E-state index contributed by atoms with van der Waals surface area (Å²) in [7, 11) is 0. The number of aromatic nitrogens is 5. The van der Waals surface area contributed by atoms with Gasteiger partial charge in [-0.25, -0.2) is 4.98 Å². The fourth-order valence-electron chi connectivity index (χ4n) is 4.16. The smallest absolute Gasteiger partial charge is 0.263 e. The maximum absolute atomic E-state index is 12.9. The van der Waals surface area contributed by atoms with Crippen LogP contribution < -0.4 is 15.8 Å². The van der Waals surface area contributed by atoms with E-state index >= 15 is 0 Å². The van der Waals surface area contributed by atoms with Gasteiger partial charge in [-0.3, -0.25) is 18.6 Å². The van der Waals surface area contributed by atoms with Crippen molar-refractivity contribution in [1.29, 1.82) is 0 Å². The number of carbonyl (C=O) groups is 1. The van der Waals surface area contributed by atoms with Gasteiger partial charge in [-0.1, -0.05) is 36.0 Å². The number of hydrogen-bond acceptors (Lipinski definition) is 7. The molecule has 4 heterocycles. The summed E-state index contributed by atoms with van der Waals surface area (Å²) in [5.74, 6) is 1.48.